The molecule has 0 spiro atoms. The van der Waals surface area contributed by atoms with Gasteiger partial charge in [0.05, 0.1) is 6.61 Å². The minimum Gasteiger partial charge on any atom is -0.480 e. The molecule has 0 aliphatic rings. The number of carboxylic acids is 1. The number of nitrogens with two attached hydrogens (primary N) is 1. The predicted molar refractivity (Wildman–Crippen MR) is 72.3 cm³/mol. The van der Waals surface area contributed by atoms with Crippen LogP contribution in [-0.4, -0.2) is 36.4 Å². The van der Waals surface area contributed by atoms with E-state index in [1.54, 1.807) is 6.92 Å². The van der Waals surface area contributed by atoms with Gasteiger partial charge in [0.15, 0.2) is 5.43 Å². The number of carbonyl (C=O) groups excluding carboxylic acids is 1. The molecule has 7 heteroatoms. The van der Waals surface area contributed by atoms with E-state index in [-0.39, 0.29) is 12.0 Å². The lowest BCUT2D eigenvalue weighted by molar-refractivity contribution is -0.138. The highest BCUT2D eigenvalue weighted by Crippen LogP contribution is 2.06. The number of amides is 1. The van der Waals surface area contributed by atoms with Gasteiger partial charge >= 0.3 is 12.1 Å². The van der Waals surface area contributed by atoms with E-state index < -0.39 is 18.1 Å². The molecule has 0 radical (unpaired) electrons. The van der Waals surface area contributed by atoms with Gasteiger partial charge in [-0.2, -0.15) is 0 Å². The van der Waals surface area contributed by atoms with E-state index in [1.807, 2.05) is 0 Å². The van der Waals surface area contributed by atoms with Gasteiger partial charge in [-0.05, 0) is 26.2 Å². The fourth-order valence-electron chi connectivity index (χ4n) is 1.71. The Morgan fingerprint density at radius 1 is 1.40 bits per heavy atom. The number of carbonyl (C=O) groups is 2. The molecule has 1 aromatic rings. The lowest BCUT2D eigenvalue weighted by Gasteiger charge is -2.07. The van der Waals surface area contributed by atoms with Crippen LogP contribution in [0.15, 0.2) is 4.79 Å². The highest BCUT2D eigenvalue weighted by molar-refractivity contribution is 5.72. The van der Waals surface area contributed by atoms with Crippen LogP contribution in [0.3, 0.4) is 0 Å². The topological polar surface area (TPSA) is 119 Å². The minimum absolute atomic E-state index is 0.0729. The Bertz CT molecular complexity index is 476. The van der Waals surface area contributed by atoms with Gasteiger partial charge in [-0.1, -0.05) is 0 Å². The Hall–Kier alpha value is -1.89. The van der Waals surface area contributed by atoms with Crippen LogP contribution >= 0.6 is 0 Å². The highest BCUT2D eigenvalue weighted by Gasteiger charge is 2.16. The number of rotatable bonds is 9. The first kappa shape index (κ1) is 16.2. The van der Waals surface area contributed by atoms with Gasteiger partial charge in [-0.3, -0.25) is 9.59 Å². The van der Waals surface area contributed by atoms with Crippen LogP contribution in [0.4, 0.5) is 4.79 Å². The minimum atomic E-state index is -1.02. The summed E-state index contributed by atoms with van der Waals surface area (Å²) in [6, 6.07) is -0.852. The fourth-order valence-corrected chi connectivity index (χ4v) is 1.71. The molecule has 0 unspecified atom stereocenters. The van der Waals surface area contributed by atoms with E-state index in [2.05, 4.69) is 5.32 Å². The molecule has 0 aliphatic carbocycles. The molecule has 1 aromatic carbocycles. The molecular formula is C13H20N2O5. The first-order valence-corrected chi connectivity index (χ1v) is 6.57. The van der Waals surface area contributed by atoms with Crippen LogP contribution < -0.4 is 16.5 Å². The SMILES string of the molecule is Cc1c(CCOC(=O)NCCCC[C@H](N)C(=O)O)c1=O. The summed E-state index contributed by atoms with van der Waals surface area (Å²) in [6.07, 6.45) is 1.57. The van der Waals surface area contributed by atoms with Crippen LogP contribution in [0, 0.1) is 6.92 Å². The summed E-state index contributed by atoms with van der Waals surface area (Å²) in [5, 5.41) is 11.1. The molecule has 4 N–H and O–H groups in total. The molecule has 0 fully saturated rings. The molecule has 0 saturated carbocycles. The zero-order chi connectivity index (χ0) is 15.1. The molecule has 0 heterocycles. The Morgan fingerprint density at radius 3 is 2.60 bits per heavy atom. The summed E-state index contributed by atoms with van der Waals surface area (Å²) in [7, 11) is 0. The summed E-state index contributed by atoms with van der Waals surface area (Å²) in [4.78, 5) is 32.7. The maximum atomic E-state index is 11.3. The van der Waals surface area contributed by atoms with Gasteiger partial charge in [0.25, 0.3) is 0 Å². The van der Waals surface area contributed by atoms with Crippen molar-refractivity contribution in [1.29, 1.82) is 0 Å². The second-order valence-electron chi connectivity index (χ2n) is 4.69. The van der Waals surface area contributed by atoms with E-state index in [0.717, 1.165) is 11.1 Å². The lowest BCUT2D eigenvalue weighted by Crippen LogP contribution is -2.30. The third kappa shape index (κ3) is 5.40. The van der Waals surface area contributed by atoms with Crippen molar-refractivity contribution >= 4 is 12.1 Å². The molecule has 0 saturated heterocycles. The Kier molecular flexibility index (Phi) is 6.17. The standard InChI is InChI=1S/C13H20N2O5/c1-8-9(11(8)16)5-7-20-13(19)15-6-3-2-4-10(14)12(17)18/h10H,2-7,14H2,1H3,(H,15,19)(H,17,18)/t10-/m0/s1. The lowest BCUT2D eigenvalue weighted by atomic mass is 10.1. The summed E-state index contributed by atoms with van der Waals surface area (Å²) >= 11 is 0. The number of nitrogens with one attached hydrogen (secondary N) is 1. The van der Waals surface area contributed by atoms with E-state index >= 15 is 0 Å². The van der Waals surface area contributed by atoms with Crippen LogP contribution in [0.1, 0.15) is 30.4 Å². The zero-order valence-electron chi connectivity index (χ0n) is 11.5. The molecule has 0 aromatic heterocycles. The molecule has 7 nitrogen and oxygen atoms in total. The van der Waals surface area contributed by atoms with Crippen LogP contribution in [0.25, 0.3) is 0 Å². The number of aliphatic carboxylic acids is 1. The number of unbranched alkanes of at least 4 members (excludes halogenated alkanes) is 1. The molecule has 1 rings (SSSR count). The molecular weight excluding hydrogens is 264 g/mol. The van der Waals surface area contributed by atoms with Crippen molar-refractivity contribution in [2.75, 3.05) is 13.2 Å². The molecule has 0 bridgehead atoms. The highest BCUT2D eigenvalue weighted by atomic mass is 16.5. The van der Waals surface area contributed by atoms with E-state index in [4.69, 9.17) is 15.6 Å². The monoisotopic (exact) mass is 284 g/mol. The van der Waals surface area contributed by atoms with E-state index in [1.165, 1.54) is 0 Å². The molecule has 1 amide bonds. The van der Waals surface area contributed by atoms with Gasteiger partial charge in [0.1, 0.15) is 6.04 Å². The maximum absolute atomic E-state index is 11.3. The first-order valence-electron chi connectivity index (χ1n) is 6.57. The summed E-state index contributed by atoms with van der Waals surface area (Å²) in [6.45, 7) is 2.35. The van der Waals surface area contributed by atoms with Gasteiger partial charge in [0.2, 0.25) is 0 Å². The summed E-state index contributed by atoms with van der Waals surface area (Å²) in [5.74, 6) is -1.02. The van der Waals surface area contributed by atoms with Crippen molar-refractivity contribution < 1.29 is 19.4 Å². The van der Waals surface area contributed by atoms with Gasteiger partial charge in [-0.15, -0.1) is 0 Å². The first-order chi connectivity index (χ1) is 9.43. The van der Waals surface area contributed by atoms with Crippen molar-refractivity contribution in [1.82, 2.24) is 5.32 Å². The molecule has 1 atom stereocenters. The van der Waals surface area contributed by atoms with E-state index in [0.29, 0.717) is 32.2 Å². The van der Waals surface area contributed by atoms with Crippen molar-refractivity contribution in [3.05, 3.63) is 21.4 Å². The number of carboxylic acid groups (broad SMARTS) is 1. The Labute approximate surface area is 116 Å². The normalized spacial score (nSPS) is 12.3. The molecule has 20 heavy (non-hydrogen) atoms. The molecule has 0 aliphatic heterocycles. The van der Waals surface area contributed by atoms with Crippen molar-refractivity contribution in [2.24, 2.45) is 5.73 Å². The van der Waals surface area contributed by atoms with E-state index in [9.17, 15) is 14.4 Å². The zero-order valence-corrected chi connectivity index (χ0v) is 11.5. The van der Waals surface area contributed by atoms with Gasteiger partial charge < -0.3 is 20.9 Å². The second-order valence-corrected chi connectivity index (χ2v) is 4.69. The van der Waals surface area contributed by atoms with Gasteiger partial charge in [0, 0.05) is 24.1 Å². The second kappa shape index (κ2) is 7.64. The average Bonchev–Trinajstić information content (AvgIpc) is 2.96. The smallest absolute Gasteiger partial charge is 0.407 e. The van der Waals surface area contributed by atoms with Gasteiger partial charge in [-0.25, -0.2) is 4.79 Å². The Balaban J connectivity index is 1.96. The number of alkyl carbamates (subject to hydrolysis) is 1. The summed E-state index contributed by atoms with van der Waals surface area (Å²) < 4.78 is 4.90. The largest absolute Gasteiger partial charge is 0.480 e. The predicted octanol–water partition coefficient (Wildman–Crippen LogP) is 0.0817. The number of hydrogen-bond donors (Lipinski definition) is 3. The summed E-state index contributed by atoms with van der Waals surface area (Å²) in [5.41, 5.74) is 6.93. The third-order valence-corrected chi connectivity index (χ3v) is 3.12. The Morgan fingerprint density at radius 2 is 2.05 bits per heavy atom. The number of hydrogen-bond acceptors (Lipinski definition) is 5. The van der Waals surface area contributed by atoms with Crippen molar-refractivity contribution in [3.8, 4) is 0 Å². The number of ether oxygens (including phenoxy) is 1. The fraction of sp³-hybridized carbons (Fsp3) is 0.615. The van der Waals surface area contributed by atoms with Crippen molar-refractivity contribution in [3.63, 3.8) is 0 Å². The third-order valence-electron chi connectivity index (χ3n) is 3.12. The quantitative estimate of drug-likeness (QED) is 0.553. The average molecular weight is 284 g/mol. The maximum Gasteiger partial charge on any atom is 0.407 e. The molecule has 112 valence electrons. The van der Waals surface area contributed by atoms with Crippen LogP contribution in [-0.2, 0) is 16.0 Å². The van der Waals surface area contributed by atoms with Crippen LogP contribution in [0.2, 0.25) is 0 Å². The van der Waals surface area contributed by atoms with Crippen LogP contribution in [0.5, 0.6) is 0 Å². The van der Waals surface area contributed by atoms with Crippen molar-refractivity contribution in [2.45, 2.75) is 38.6 Å².